The number of carbonyl (C=O) groups is 8. The predicted molar refractivity (Wildman–Crippen MR) is 391 cm³/mol. The smallest absolute Gasteiger partial charge is 0.329 e. The van der Waals surface area contributed by atoms with E-state index in [4.69, 9.17) is 28.4 Å². The molecule has 0 radical (unpaired) electrons. The van der Waals surface area contributed by atoms with Crippen molar-refractivity contribution in [3.8, 4) is 5.75 Å². The van der Waals surface area contributed by atoms with Crippen LogP contribution in [-0.2, 0) is 68.5 Å². The van der Waals surface area contributed by atoms with Crippen LogP contribution in [0.3, 0.4) is 0 Å². The van der Waals surface area contributed by atoms with Gasteiger partial charge >= 0.3 is 35.8 Å². The van der Waals surface area contributed by atoms with E-state index in [9.17, 15) is 38.4 Å². The minimum absolute atomic E-state index is 0.0372. The quantitative estimate of drug-likeness (QED) is 0.0118. The molecule has 97 heavy (non-hydrogen) atoms. The Balaban J connectivity index is 1.40. The lowest BCUT2D eigenvalue weighted by molar-refractivity contribution is -0.153. The van der Waals surface area contributed by atoms with Crippen molar-refractivity contribution in [1.82, 2.24) is 20.4 Å². The molecule has 2 unspecified atom stereocenters. The number of rotatable bonds is 58. The highest BCUT2D eigenvalue weighted by molar-refractivity contribution is 8.76. The third-order valence-corrected chi connectivity index (χ3v) is 19.2. The Hall–Kier alpha value is -5.70. The Kier molecular flexibility index (Phi) is 52.2. The second-order valence-corrected chi connectivity index (χ2v) is 28.0. The number of allylic oxidation sites excluding steroid dienone is 7. The summed E-state index contributed by atoms with van der Waals surface area (Å²) >= 11 is 0. The molecule has 2 saturated heterocycles. The molecule has 2 aliphatic heterocycles. The molecule has 0 saturated carbocycles. The molecule has 2 aliphatic rings. The fourth-order valence-electron chi connectivity index (χ4n) is 11.2. The largest absolute Gasteiger partial charge is 0.462 e. The molecule has 1 aromatic carbocycles. The summed E-state index contributed by atoms with van der Waals surface area (Å²) in [5.41, 5.74) is 1.22. The molecule has 2 heterocycles. The van der Waals surface area contributed by atoms with E-state index in [1.165, 1.54) is 118 Å². The number of carbonyl (C=O) groups excluding carboxylic acids is 8. The molecule has 0 aromatic heterocycles. The van der Waals surface area contributed by atoms with Crippen LogP contribution < -0.4 is 15.4 Å². The van der Waals surface area contributed by atoms with Gasteiger partial charge in [0.25, 0.3) is 0 Å². The molecule has 1 aromatic rings. The first-order chi connectivity index (χ1) is 47.4. The van der Waals surface area contributed by atoms with Crippen LogP contribution >= 0.6 is 21.6 Å². The maximum Gasteiger partial charge on any atom is 0.329 e. The number of hydrogen-bond acceptors (Lipinski definition) is 18. The fourth-order valence-corrected chi connectivity index (χ4v) is 13.5. The second kappa shape index (κ2) is 59.2. The van der Waals surface area contributed by atoms with Gasteiger partial charge in [-0.25, -0.2) is 9.59 Å². The third kappa shape index (κ3) is 47.9. The maximum atomic E-state index is 13.6. The van der Waals surface area contributed by atoms with Crippen molar-refractivity contribution in [2.24, 2.45) is 0 Å². The van der Waals surface area contributed by atoms with E-state index in [0.717, 1.165) is 142 Å². The highest BCUT2D eigenvalue weighted by Crippen LogP contribution is 2.25. The first kappa shape index (κ1) is 85.5. The zero-order valence-corrected chi connectivity index (χ0v) is 61.0. The van der Waals surface area contributed by atoms with Crippen LogP contribution in [-0.4, -0.2) is 153 Å². The molecule has 3 rings (SSSR count). The molecule has 2 amide bonds. The lowest BCUT2D eigenvalue weighted by Crippen LogP contribution is -2.49. The summed E-state index contributed by atoms with van der Waals surface area (Å²) in [6, 6.07) is 4.47. The maximum absolute atomic E-state index is 13.6. The average molecular weight is 1390 g/mol. The molecule has 2 fully saturated rings. The average Bonchev–Trinajstić information content (AvgIpc) is 1.96. The Morgan fingerprint density at radius 2 is 0.887 bits per heavy atom. The number of amides is 2. The number of hydrogen-bond donors (Lipinski definition) is 2. The molecule has 0 spiro atoms. The molecule has 0 bridgehead atoms. The molecule has 2 N–H and O–H groups in total. The first-order valence-electron chi connectivity index (χ1n) is 37.0. The number of esters is 6. The van der Waals surface area contributed by atoms with Gasteiger partial charge in [-0.15, -0.1) is 0 Å². The summed E-state index contributed by atoms with van der Waals surface area (Å²) in [6.45, 7) is 10.5. The summed E-state index contributed by atoms with van der Waals surface area (Å²) in [4.78, 5) is 109. The Morgan fingerprint density at radius 1 is 0.474 bits per heavy atom. The van der Waals surface area contributed by atoms with E-state index in [0.29, 0.717) is 29.7 Å². The number of ether oxygens (including phenoxy) is 6. The van der Waals surface area contributed by atoms with Crippen LogP contribution in [0.25, 0.3) is 0 Å². The van der Waals surface area contributed by atoms with Gasteiger partial charge in [-0.3, -0.25) is 38.6 Å². The zero-order chi connectivity index (χ0) is 69.9. The summed E-state index contributed by atoms with van der Waals surface area (Å²) in [6.07, 6.45) is 53.0. The number of nitrogens with one attached hydrogen (secondary N) is 2. The Bertz CT molecular complexity index is 2460. The van der Waals surface area contributed by atoms with Crippen molar-refractivity contribution in [2.75, 3.05) is 83.8 Å². The minimum atomic E-state index is -1.10. The van der Waals surface area contributed by atoms with Crippen molar-refractivity contribution in [3.63, 3.8) is 0 Å². The van der Waals surface area contributed by atoms with Gasteiger partial charge in [0, 0.05) is 24.3 Å². The van der Waals surface area contributed by atoms with Crippen LogP contribution in [0.4, 0.5) is 0 Å². The van der Waals surface area contributed by atoms with E-state index in [2.05, 4.69) is 55.4 Å². The van der Waals surface area contributed by atoms with Crippen LogP contribution in [0.15, 0.2) is 85.0 Å². The number of benzene rings is 1. The standard InChI is InChI=1S/C77H122N4O14S2/c1-4-7-9-11-13-15-17-19-21-23-25-27-29-31-35-44-72(84)90-54-41-43-65(42-6-3)59-74(86)91-55-57-93-76(88)68(78-70(82)61-80-50-37-33-38-51-80)63-96-97-64-69(79-71(83)62-81-52-39-34-40-53-81)77(89)94-58-56-92-75(87)60-66-46-48-67(49-47-66)95-73(85)45-36-32-30-28-26-24-22-20-18-16-14-12-10-8-5-2/h6,19-22,41-43,46-49,68-69H,3-5,7-18,23-40,44-45,50-64H2,1-2H3,(H,78,82)(H,79,83)/b21-19-,22-20-,43-41-,65-42+. The van der Waals surface area contributed by atoms with E-state index in [1.54, 1.807) is 42.5 Å². The van der Waals surface area contributed by atoms with Crippen molar-refractivity contribution in [2.45, 2.75) is 257 Å². The third-order valence-electron chi connectivity index (χ3n) is 16.7. The van der Waals surface area contributed by atoms with E-state index < -0.39 is 36.0 Å². The summed E-state index contributed by atoms with van der Waals surface area (Å²) in [5.74, 6) is -3.40. The normalized spacial score (nSPS) is 14.5. The molecule has 0 aliphatic carbocycles. The zero-order valence-electron chi connectivity index (χ0n) is 59.4. The molecular weight excluding hydrogens is 1270 g/mol. The summed E-state index contributed by atoms with van der Waals surface area (Å²) in [5, 5.41) is 5.62. The van der Waals surface area contributed by atoms with Crippen LogP contribution in [0.2, 0.25) is 0 Å². The van der Waals surface area contributed by atoms with Gasteiger partial charge < -0.3 is 39.1 Å². The first-order valence-corrected chi connectivity index (χ1v) is 39.5. The molecule has 18 nitrogen and oxygen atoms in total. The topological polar surface area (TPSA) is 222 Å². The van der Waals surface area contributed by atoms with Crippen molar-refractivity contribution in [1.29, 1.82) is 0 Å². The van der Waals surface area contributed by atoms with Crippen LogP contribution in [0, 0.1) is 0 Å². The van der Waals surface area contributed by atoms with Crippen molar-refractivity contribution in [3.05, 3.63) is 90.6 Å². The number of piperidine rings is 2. The van der Waals surface area contributed by atoms with Gasteiger partial charge in [0.05, 0.1) is 25.9 Å². The molecule has 546 valence electrons. The Morgan fingerprint density at radius 3 is 1.34 bits per heavy atom. The molecule has 20 heteroatoms. The second-order valence-electron chi connectivity index (χ2n) is 25.5. The van der Waals surface area contributed by atoms with Gasteiger partial charge in [0.1, 0.15) is 50.9 Å². The van der Waals surface area contributed by atoms with Gasteiger partial charge in [-0.2, -0.15) is 0 Å². The van der Waals surface area contributed by atoms with E-state index >= 15 is 0 Å². The van der Waals surface area contributed by atoms with Crippen molar-refractivity contribution >= 4 is 69.2 Å². The highest BCUT2D eigenvalue weighted by Gasteiger charge is 2.28. The van der Waals surface area contributed by atoms with Crippen LogP contribution in [0.1, 0.15) is 244 Å². The monoisotopic (exact) mass is 1390 g/mol. The fraction of sp³-hybridized carbons (Fsp3) is 0.688. The van der Waals surface area contributed by atoms with E-state index in [1.807, 2.05) is 9.80 Å². The van der Waals surface area contributed by atoms with Crippen LogP contribution in [0.5, 0.6) is 5.75 Å². The number of unbranched alkanes of at least 4 members (excludes halogenated alkanes) is 22. The highest BCUT2D eigenvalue weighted by atomic mass is 33.1. The van der Waals surface area contributed by atoms with Crippen molar-refractivity contribution < 1.29 is 66.8 Å². The number of likely N-dealkylation sites (tertiary alicyclic amines) is 2. The van der Waals surface area contributed by atoms with Gasteiger partial charge in [-0.1, -0.05) is 212 Å². The summed E-state index contributed by atoms with van der Waals surface area (Å²) < 4.78 is 32.8. The lowest BCUT2D eigenvalue weighted by atomic mass is 10.1. The van der Waals surface area contributed by atoms with Gasteiger partial charge in [0.2, 0.25) is 11.8 Å². The minimum Gasteiger partial charge on any atom is -0.462 e. The molecular formula is C77H122N4O14S2. The summed E-state index contributed by atoms with van der Waals surface area (Å²) in [7, 11) is 2.39. The number of nitrogens with zero attached hydrogens (tertiary/aromatic N) is 2. The van der Waals surface area contributed by atoms with Gasteiger partial charge in [0.15, 0.2) is 0 Å². The Labute approximate surface area is 590 Å². The molecule has 2 atom stereocenters. The van der Waals surface area contributed by atoms with Gasteiger partial charge in [-0.05, 0) is 145 Å². The lowest BCUT2D eigenvalue weighted by Gasteiger charge is -2.27. The SMILES string of the molecule is C=C/C=C(\C=C/COC(=O)CCCCCCC/C=C\CCCCCCCC)CC(=O)OCCOC(=O)C(CSSCC(NC(=O)CN1CCCCC1)C(=O)OCCOC(=O)Cc1ccc(OC(=O)CCCCCCC/C=C\CCCCCCCC)cc1)NC(=O)CN1CCCCC1. The van der Waals surface area contributed by atoms with E-state index in [-0.39, 0.29) is 94.2 Å². The predicted octanol–water partition coefficient (Wildman–Crippen LogP) is 15.3.